The van der Waals surface area contributed by atoms with E-state index in [1.807, 2.05) is 0 Å². The monoisotopic (exact) mass is 281 g/mol. The molecule has 0 saturated carbocycles. The summed E-state index contributed by atoms with van der Waals surface area (Å²) in [6, 6.07) is 6.58. The Balaban J connectivity index is 2.75. The molecule has 2 rings (SSSR count). The van der Waals surface area contributed by atoms with Gasteiger partial charge in [0, 0.05) is 18.0 Å². The molecule has 1 heterocycles. The van der Waals surface area contributed by atoms with Crippen molar-refractivity contribution in [2.75, 3.05) is 0 Å². The third-order valence-electron chi connectivity index (χ3n) is 2.59. The third-order valence-corrected chi connectivity index (χ3v) is 3.40. The van der Waals surface area contributed by atoms with Crippen molar-refractivity contribution in [3.05, 3.63) is 62.0 Å². The second-order valence-electron chi connectivity index (χ2n) is 3.80. The average molecular weight is 282 g/mol. The van der Waals surface area contributed by atoms with Crippen molar-refractivity contribution in [2.45, 2.75) is 6.92 Å². The van der Waals surface area contributed by atoms with Crippen molar-refractivity contribution in [1.82, 2.24) is 4.57 Å². The molecule has 0 atom stereocenters. The van der Waals surface area contributed by atoms with Crippen molar-refractivity contribution < 1.29 is 4.79 Å². The summed E-state index contributed by atoms with van der Waals surface area (Å²) in [6.45, 7) is 1.76. The number of hydrogen-bond acceptors (Lipinski definition) is 2. The van der Waals surface area contributed by atoms with Crippen LogP contribution < -0.4 is 5.43 Å². The van der Waals surface area contributed by atoms with Gasteiger partial charge in [0.25, 0.3) is 0 Å². The smallest absolute Gasteiger partial charge is 0.192 e. The van der Waals surface area contributed by atoms with Gasteiger partial charge in [0.05, 0.1) is 21.3 Å². The fourth-order valence-electron chi connectivity index (χ4n) is 1.67. The quantitative estimate of drug-likeness (QED) is 0.793. The van der Waals surface area contributed by atoms with E-state index in [0.29, 0.717) is 27.7 Å². The second-order valence-corrected chi connectivity index (χ2v) is 4.58. The highest BCUT2D eigenvalue weighted by molar-refractivity contribution is 6.43. The van der Waals surface area contributed by atoms with Crippen molar-refractivity contribution in [1.29, 1.82) is 0 Å². The average Bonchev–Trinajstić information content (AvgIpc) is 2.34. The maximum Gasteiger partial charge on any atom is 0.192 e. The van der Waals surface area contributed by atoms with E-state index in [1.54, 1.807) is 29.7 Å². The summed E-state index contributed by atoms with van der Waals surface area (Å²) in [4.78, 5) is 22.3. The van der Waals surface area contributed by atoms with Gasteiger partial charge in [0.15, 0.2) is 11.7 Å². The van der Waals surface area contributed by atoms with Gasteiger partial charge in [-0.1, -0.05) is 29.3 Å². The first-order chi connectivity index (χ1) is 8.54. The molecule has 3 nitrogen and oxygen atoms in total. The SMILES string of the molecule is Cc1cc(=O)c(C=O)cn1-c1cccc(Cl)c1Cl. The molecule has 0 aliphatic rings. The van der Waals surface area contributed by atoms with Gasteiger partial charge in [-0.25, -0.2) is 0 Å². The summed E-state index contributed by atoms with van der Waals surface area (Å²) in [5.74, 6) is 0. The van der Waals surface area contributed by atoms with Crippen LogP contribution in [0.2, 0.25) is 10.0 Å². The van der Waals surface area contributed by atoms with E-state index in [4.69, 9.17) is 23.2 Å². The zero-order chi connectivity index (χ0) is 13.3. The Morgan fingerprint density at radius 2 is 2.00 bits per heavy atom. The number of rotatable bonds is 2. The predicted octanol–water partition coefficient (Wildman–Crippen LogP) is 3.27. The molecular formula is C13H9Cl2NO2. The van der Waals surface area contributed by atoms with Crippen LogP contribution in [0.5, 0.6) is 0 Å². The lowest BCUT2D eigenvalue weighted by atomic mass is 10.2. The zero-order valence-electron chi connectivity index (χ0n) is 9.48. The van der Waals surface area contributed by atoms with Crippen LogP contribution in [0.3, 0.4) is 0 Å². The Morgan fingerprint density at radius 3 is 2.67 bits per heavy atom. The van der Waals surface area contributed by atoms with Crippen molar-refractivity contribution in [2.24, 2.45) is 0 Å². The first-order valence-electron chi connectivity index (χ1n) is 5.17. The largest absolute Gasteiger partial charge is 0.319 e. The minimum atomic E-state index is -0.308. The number of aldehydes is 1. The van der Waals surface area contributed by atoms with Gasteiger partial charge in [-0.05, 0) is 19.1 Å². The Bertz CT molecular complexity index is 677. The van der Waals surface area contributed by atoms with E-state index in [2.05, 4.69) is 0 Å². The lowest BCUT2D eigenvalue weighted by Crippen LogP contribution is -2.13. The van der Waals surface area contributed by atoms with Crippen molar-refractivity contribution in [3.63, 3.8) is 0 Å². The number of halogens is 2. The van der Waals surface area contributed by atoms with Gasteiger partial charge in [0.1, 0.15) is 0 Å². The van der Waals surface area contributed by atoms with E-state index < -0.39 is 0 Å². The van der Waals surface area contributed by atoms with Crippen LogP contribution in [0.4, 0.5) is 0 Å². The molecule has 5 heteroatoms. The molecule has 0 spiro atoms. The fourth-order valence-corrected chi connectivity index (χ4v) is 2.06. The molecule has 92 valence electrons. The fraction of sp³-hybridized carbons (Fsp3) is 0.0769. The highest BCUT2D eigenvalue weighted by atomic mass is 35.5. The van der Waals surface area contributed by atoms with Crippen LogP contribution in [0.25, 0.3) is 5.69 Å². The van der Waals surface area contributed by atoms with Crippen LogP contribution in [0, 0.1) is 6.92 Å². The van der Waals surface area contributed by atoms with Crippen LogP contribution in [-0.2, 0) is 0 Å². The molecule has 0 saturated heterocycles. The van der Waals surface area contributed by atoms with Gasteiger partial charge in [-0.3, -0.25) is 9.59 Å². The molecule has 0 unspecified atom stereocenters. The number of benzene rings is 1. The molecule has 18 heavy (non-hydrogen) atoms. The summed E-state index contributed by atoms with van der Waals surface area (Å²) in [7, 11) is 0. The van der Waals surface area contributed by atoms with Crippen LogP contribution in [0.1, 0.15) is 16.1 Å². The van der Waals surface area contributed by atoms with E-state index in [9.17, 15) is 9.59 Å². The Kier molecular flexibility index (Phi) is 3.55. The summed E-state index contributed by atoms with van der Waals surface area (Å²) in [5, 5.41) is 0.794. The second kappa shape index (κ2) is 4.96. The predicted molar refractivity (Wildman–Crippen MR) is 72.2 cm³/mol. The van der Waals surface area contributed by atoms with Gasteiger partial charge in [0.2, 0.25) is 0 Å². The normalized spacial score (nSPS) is 10.4. The Morgan fingerprint density at radius 1 is 1.28 bits per heavy atom. The van der Waals surface area contributed by atoms with Crippen LogP contribution in [-0.4, -0.2) is 10.9 Å². The topological polar surface area (TPSA) is 39.1 Å². The molecule has 0 amide bonds. The number of hydrogen-bond donors (Lipinski definition) is 0. The van der Waals surface area contributed by atoms with Crippen molar-refractivity contribution >= 4 is 29.5 Å². The lowest BCUT2D eigenvalue weighted by molar-refractivity contribution is 0.112. The molecule has 0 N–H and O–H groups in total. The molecule has 0 fully saturated rings. The number of carbonyl (C=O) groups is 1. The number of carbonyl (C=O) groups excluding carboxylic acids is 1. The van der Waals surface area contributed by atoms with Gasteiger partial charge in [-0.15, -0.1) is 0 Å². The first-order valence-corrected chi connectivity index (χ1v) is 5.93. The summed E-state index contributed by atoms with van der Waals surface area (Å²) in [5.41, 5.74) is 1.08. The first kappa shape index (κ1) is 12.9. The summed E-state index contributed by atoms with van der Waals surface area (Å²) >= 11 is 12.1. The number of aromatic nitrogens is 1. The number of pyridine rings is 1. The minimum Gasteiger partial charge on any atom is -0.319 e. The third kappa shape index (κ3) is 2.19. The van der Waals surface area contributed by atoms with Gasteiger partial charge < -0.3 is 4.57 Å². The van der Waals surface area contributed by atoms with E-state index in [0.717, 1.165) is 0 Å². The molecule has 1 aromatic carbocycles. The Labute approximate surface area is 114 Å². The van der Waals surface area contributed by atoms with E-state index >= 15 is 0 Å². The van der Waals surface area contributed by atoms with Crippen molar-refractivity contribution in [3.8, 4) is 5.69 Å². The molecule has 2 aromatic rings. The standard InChI is InChI=1S/C13H9Cl2NO2/c1-8-5-12(18)9(7-17)6-16(8)11-4-2-3-10(14)13(11)15/h2-7H,1H3. The minimum absolute atomic E-state index is 0.0802. The maximum absolute atomic E-state index is 11.5. The molecular weight excluding hydrogens is 273 g/mol. The number of aryl methyl sites for hydroxylation is 1. The van der Waals surface area contributed by atoms with Crippen LogP contribution in [0.15, 0.2) is 35.3 Å². The zero-order valence-corrected chi connectivity index (χ0v) is 11.0. The molecule has 0 aliphatic heterocycles. The highest BCUT2D eigenvalue weighted by Crippen LogP contribution is 2.28. The lowest BCUT2D eigenvalue weighted by Gasteiger charge is -2.13. The molecule has 0 radical (unpaired) electrons. The molecule has 0 bridgehead atoms. The Hall–Kier alpha value is -1.58. The van der Waals surface area contributed by atoms with E-state index in [-0.39, 0.29) is 11.0 Å². The molecule has 1 aromatic heterocycles. The summed E-state index contributed by atoms with van der Waals surface area (Å²) < 4.78 is 1.67. The van der Waals surface area contributed by atoms with Gasteiger partial charge in [-0.2, -0.15) is 0 Å². The van der Waals surface area contributed by atoms with Crippen LogP contribution >= 0.6 is 23.2 Å². The van der Waals surface area contributed by atoms with Gasteiger partial charge >= 0.3 is 0 Å². The highest BCUT2D eigenvalue weighted by Gasteiger charge is 2.09. The van der Waals surface area contributed by atoms with E-state index in [1.165, 1.54) is 12.3 Å². The summed E-state index contributed by atoms with van der Waals surface area (Å²) in [6.07, 6.45) is 1.99. The number of nitrogens with zero attached hydrogens (tertiary/aromatic N) is 1. The molecule has 0 aliphatic carbocycles. The maximum atomic E-state index is 11.5.